The molecule has 1 aliphatic heterocycles. The molecule has 0 radical (unpaired) electrons. The van der Waals surface area contributed by atoms with Gasteiger partial charge in [-0.05, 0) is 41.8 Å². The predicted molar refractivity (Wildman–Crippen MR) is 86.7 cm³/mol. The summed E-state index contributed by atoms with van der Waals surface area (Å²) in [5, 5.41) is 5.21. The van der Waals surface area contributed by atoms with Gasteiger partial charge in [0.15, 0.2) is 0 Å². The van der Waals surface area contributed by atoms with Crippen LogP contribution >= 0.6 is 11.3 Å². The van der Waals surface area contributed by atoms with E-state index in [1.54, 1.807) is 17.5 Å². The van der Waals surface area contributed by atoms with Crippen LogP contribution in [-0.4, -0.2) is 24.1 Å². The van der Waals surface area contributed by atoms with Crippen LogP contribution in [0.3, 0.4) is 0 Å². The maximum absolute atomic E-state index is 12.4. The van der Waals surface area contributed by atoms with Crippen molar-refractivity contribution in [1.29, 1.82) is 0 Å². The summed E-state index contributed by atoms with van der Waals surface area (Å²) >= 11 is 1.62. The summed E-state index contributed by atoms with van der Waals surface area (Å²) in [4.78, 5) is 17.7. The minimum atomic E-state index is 0.0186. The van der Waals surface area contributed by atoms with E-state index in [1.807, 2.05) is 35.8 Å². The van der Waals surface area contributed by atoms with Gasteiger partial charge in [-0.2, -0.15) is 0 Å². The molecule has 1 saturated heterocycles. The Bertz CT molecular complexity index is 580. The second-order valence-electron chi connectivity index (χ2n) is 5.54. The Morgan fingerprint density at radius 1 is 1.36 bits per heavy atom. The monoisotopic (exact) mass is 316 g/mol. The van der Waals surface area contributed by atoms with Gasteiger partial charge < -0.3 is 10.1 Å². The van der Waals surface area contributed by atoms with Crippen LogP contribution in [0.2, 0.25) is 0 Å². The first-order chi connectivity index (χ1) is 10.8. The number of hydrogen-bond acceptors (Lipinski definition) is 4. The number of carbonyl (C=O) groups is 1. The number of aromatic nitrogens is 1. The number of carbonyl (C=O) groups excluding carboxylic acids is 1. The lowest BCUT2D eigenvalue weighted by Gasteiger charge is -2.31. The SMILES string of the molecule is O=C(Cc1cccs1)NC(c1cccnc1)C1CCOCC1. The van der Waals surface area contributed by atoms with Gasteiger partial charge in [-0.3, -0.25) is 9.78 Å². The molecule has 22 heavy (non-hydrogen) atoms. The highest BCUT2D eigenvalue weighted by molar-refractivity contribution is 7.10. The van der Waals surface area contributed by atoms with Crippen LogP contribution in [0.15, 0.2) is 42.0 Å². The topological polar surface area (TPSA) is 51.2 Å². The zero-order valence-electron chi connectivity index (χ0n) is 12.4. The minimum Gasteiger partial charge on any atom is -0.381 e. The van der Waals surface area contributed by atoms with Gasteiger partial charge in [-0.15, -0.1) is 11.3 Å². The van der Waals surface area contributed by atoms with E-state index in [0.29, 0.717) is 12.3 Å². The number of rotatable bonds is 5. The molecular formula is C17H20N2O2S. The molecule has 1 unspecified atom stereocenters. The van der Waals surface area contributed by atoms with Crippen molar-refractivity contribution in [2.24, 2.45) is 5.92 Å². The summed E-state index contributed by atoms with van der Waals surface area (Å²) in [6.07, 6.45) is 6.00. The van der Waals surface area contributed by atoms with Crippen LogP contribution < -0.4 is 5.32 Å². The van der Waals surface area contributed by atoms with E-state index >= 15 is 0 Å². The molecule has 4 nitrogen and oxygen atoms in total. The summed E-state index contributed by atoms with van der Waals surface area (Å²) in [7, 11) is 0. The van der Waals surface area contributed by atoms with Gasteiger partial charge in [0, 0.05) is 30.5 Å². The summed E-state index contributed by atoms with van der Waals surface area (Å²) in [5.41, 5.74) is 1.08. The Hall–Kier alpha value is -1.72. The molecule has 0 spiro atoms. The molecule has 5 heteroatoms. The molecule has 0 aromatic carbocycles. The molecule has 1 aliphatic rings. The third kappa shape index (κ3) is 3.93. The molecule has 2 aromatic rings. The largest absolute Gasteiger partial charge is 0.381 e. The van der Waals surface area contributed by atoms with Gasteiger partial charge >= 0.3 is 0 Å². The van der Waals surface area contributed by atoms with Crippen LogP contribution in [-0.2, 0) is 16.0 Å². The highest BCUT2D eigenvalue weighted by Gasteiger charge is 2.27. The molecule has 1 fully saturated rings. The van der Waals surface area contributed by atoms with E-state index < -0.39 is 0 Å². The molecule has 2 aromatic heterocycles. The highest BCUT2D eigenvalue weighted by atomic mass is 32.1. The average Bonchev–Trinajstić information content (AvgIpc) is 3.07. The number of nitrogens with zero attached hydrogens (tertiary/aromatic N) is 1. The third-order valence-electron chi connectivity index (χ3n) is 4.01. The standard InChI is InChI=1S/C17H20N2O2S/c20-16(11-15-4-2-10-22-15)19-17(13-5-8-21-9-6-13)14-3-1-7-18-12-14/h1-4,7,10,12-13,17H,5-6,8-9,11H2,(H,19,20). The number of ether oxygens (including phenoxy) is 1. The third-order valence-corrected chi connectivity index (χ3v) is 4.89. The van der Waals surface area contributed by atoms with E-state index in [2.05, 4.69) is 10.3 Å². The Labute approximate surface area is 134 Å². The summed E-state index contributed by atoms with van der Waals surface area (Å²) in [6.45, 7) is 1.53. The Kier molecular flexibility index (Phi) is 5.19. The molecule has 3 rings (SSSR count). The first-order valence-corrected chi connectivity index (χ1v) is 8.50. The normalized spacial score (nSPS) is 17.1. The molecule has 3 heterocycles. The molecule has 1 amide bonds. The molecule has 0 saturated carbocycles. The first kappa shape index (κ1) is 15.2. The number of hydrogen-bond donors (Lipinski definition) is 1. The fraction of sp³-hybridized carbons (Fsp3) is 0.412. The van der Waals surface area contributed by atoms with Gasteiger partial charge in [-0.1, -0.05) is 12.1 Å². The maximum Gasteiger partial charge on any atom is 0.225 e. The van der Waals surface area contributed by atoms with Crippen molar-refractivity contribution in [2.45, 2.75) is 25.3 Å². The van der Waals surface area contributed by atoms with Gasteiger partial charge in [-0.25, -0.2) is 0 Å². The van der Waals surface area contributed by atoms with Crippen LogP contribution in [0, 0.1) is 5.92 Å². The summed E-state index contributed by atoms with van der Waals surface area (Å²) < 4.78 is 5.45. The van der Waals surface area contributed by atoms with E-state index in [4.69, 9.17) is 4.74 Å². The van der Waals surface area contributed by atoms with Crippen molar-refractivity contribution in [3.63, 3.8) is 0 Å². The summed E-state index contributed by atoms with van der Waals surface area (Å²) in [5.74, 6) is 0.480. The van der Waals surface area contributed by atoms with E-state index in [9.17, 15) is 4.79 Å². The summed E-state index contributed by atoms with van der Waals surface area (Å²) in [6, 6.07) is 7.96. The lowest BCUT2D eigenvalue weighted by Crippen LogP contribution is -2.36. The molecule has 1 N–H and O–H groups in total. The smallest absolute Gasteiger partial charge is 0.225 e. The fourth-order valence-corrected chi connectivity index (χ4v) is 3.58. The van der Waals surface area contributed by atoms with Gasteiger partial charge in [0.1, 0.15) is 0 Å². The zero-order chi connectivity index (χ0) is 15.2. The van der Waals surface area contributed by atoms with E-state index in [-0.39, 0.29) is 11.9 Å². The first-order valence-electron chi connectivity index (χ1n) is 7.62. The van der Waals surface area contributed by atoms with Crippen molar-refractivity contribution in [3.8, 4) is 0 Å². The minimum absolute atomic E-state index is 0.0186. The maximum atomic E-state index is 12.4. The quantitative estimate of drug-likeness (QED) is 0.922. The van der Waals surface area contributed by atoms with Crippen LogP contribution in [0.4, 0.5) is 0 Å². The number of amides is 1. The lowest BCUT2D eigenvalue weighted by molar-refractivity contribution is -0.121. The predicted octanol–water partition coefficient (Wildman–Crippen LogP) is 2.97. The lowest BCUT2D eigenvalue weighted by atomic mass is 9.87. The average molecular weight is 316 g/mol. The van der Waals surface area contributed by atoms with E-state index in [0.717, 1.165) is 36.5 Å². The zero-order valence-corrected chi connectivity index (χ0v) is 13.2. The molecule has 0 bridgehead atoms. The Balaban J connectivity index is 1.71. The molecule has 116 valence electrons. The van der Waals surface area contributed by atoms with Crippen molar-refractivity contribution < 1.29 is 9.53 Å². The van der Waals surface area contributed by atoms with Crippen molar-refractivity contribution in [2.75, 3.05) is 13.2 Å². The van der Waals surface area contributed by atoms with Crippen molar-refractivity contribution >= 4 is 17.2 Å². The van der Waals surface area contributed by atoms with Crippen LogP contribution in [0.25, 0.3) is 0 Å². The Morgan fingerprint density at radius 2 is 2.23 bits per heavy atom. The van der Waals surface area contributed by atoms with Crippen molar-refractivity contribution in [1.82, 2.24) is 10.3 Å². The van der Waals surface area contributed by atoms with Gasteiger partial charge in [0.05, 0.1) is 12.5 Å². The van der Waals surface area contributed by atoms with E-state index in [1.165, 1.54) is 0 Å². The van der Waals surface area contributed by atoms with Crippen LogP contribution in [0.1, 0.15) is 29.3 Å². The Morgan fingerprint density at radius 3 is 2.91 bits per heavy atom. The molecular weight excluding hydrogens is 296 g/mol. The highest BCUT2D eigenvalue weighted by Crippen LogP contribution is 2.29. The number of pyridine rings is 1. The van der Waals surface area contributed by atoms with Crippen molar-refractivity contribution in [3.05, 3.63) is 52.5 Å². The number of nitrogens with one attached hydrogen (secondary N) is 1. The molecule has 0 aliphatic carbocycles. The second-order valence-corrected chi connectivity index (χ2v) is 6.57. The fourth-order valence-electron chi connectivity index (χ4n) is 2.88. The second kappa shape index (κ2) is 7.51. The molecule has 1 atom stereocenters. The van der Waals surface area contributed by atoms with Gasteiger partial charge in [0.25, 0.3) is 0 Å². The number of thiophene rings is 1. The van der Waals surface area contributed by atoms with Crippen LogP contribution in [0.5, 0.6) is 0 Å². The van der Waals surface area contributed by atoms with Gasteiger partial charge in [0.2, 0.25) is 5.91 Å².